The third-order valence-corrected chi connectivity index (χ3v) is 6.52. The van der Waals surface area contributed by atoms with Gasteiger partial charge in [0.25, 0.3) is 0 Å². The molecule has 0 aromatic heterocycles. The molecule has 5 rings (SSSR count). The van der Waals surface area contributed by atoms with Gasteiger partial charge in [0.05, 0.1) is 5.54 Å². The first-order valence-electron chi connectivity index (χ1n) is 8.86. The molecule has 1 spiro atoms. The van der Waals surface area contributed by atoms with Crippen LogP contribution in [-0.2, 0) is 9.53 Å². The molecule has 0 radical (unpaired) electrons. The first-order chi connectivity index (χ1) is 11.6. The van der Waals surface area contributed by atoms with E-state index in [4.69, 9.17) is 4.74 Å². The van der Waals surface area contributed by atoms with E-state index < -0.39 is 0 Å². The Labute approximate surface area is 141 Å². The number of likely N-dealkylation sites (tertiary alicyclic amines) is 1. The molecular weight excluding hydrogens is 304 g/mol. The van der Waals surface area contributed by atoms with Gasteiger partial charge < -0.3 is 15.0 Å². The van der Waals surface area contributed by atoms with Crippen molar-refractivity contribution in [3.05, 3.63) is 35.4 Å². The molecule has 0 unspecified atom stereocenters. The number of ether oxygens (including phenoxy) is 1. The molecule has 2 aliphatic carbocycles. The van der Waals surface area contributed by atoms with Crippen LogP contribution in [0.25, 0.3) is 0 Å². The summed E-state index contributed by atoms with van der Waals surface area (Å²) >= 11 is 0. The Hall–Kier alpha value is -2.04. The number of carbonyl (C=O) groups excluding carboxylic acids is 2. The molecule has 126 valence electrons. The van der Waals surface area contributed by atoms with Gasteiger partial charge in [-0.15, -0.1) is 0 Å². The van der Waals surface area contributed by atoms with E-state index in [2.05, 4.69) is 41.4 Å². The fourth-order valence-corrected chi connectivity index (χ4v) is 5.16. The Bertz CT molecular complexity index is 713. The Balaban J connectivity index is 1.19. The number of aryl methyl sites for hydroxylation is 1. The molecule has 1 N–H and O–H groups in total. The number of rotatable bonds is 2. The van der Waals surface area contributed by atoms with E-state index in [0.29, 0.717) is 24.4 Å². The maximum Gasteiger partial charge on any atom is 0.407 e. The quantitative estimate of drug-likeness (QED) is 0.905. The predicted octanol–water partition coefficient (Wildman–Crippen LogP) is 2.06. The standard InChI is InChI=1S/C19H22N2O3/c1-11-4-2-3-5-13(11)16-14-8-21(9-15(14)16)17(22)12-6-19(7-12)10-24-18(23)20-19/h2-5,12,14-16H,6-10H2,1H3,(H,20,23)/t12-,14-,15+,16+,19+. The number of hydrogen-bond donors (Lipinski definition) is 1. The summed E-state index contributed by atoms with van der Waals surface area (Å²) in [4.78, 5) is 26.0. The summed E-state index contributed by atoms with van der Waals surface area (Å²) in [7, 11) is 0. The van der Waals surface area contributed by atoms with E-state index in [1.807, 2.05) is 0 Å². The van der Waals surface area contributed by atoms with Crippen molar-refractivity contribution < 1.29 is 14.3 Å². The Kier molecular flexibility index (Phi) is 2.83. The molecule has 0 bridgehead atoms. The van der Waals surface area contributed by atoms with Crippen LogP contribution in [0.4, 0.5) is 4.79 Å². The molecule has 4 aliphatic rings. The fourth-order valence-electron chi connectivity index (χ4n) is 5.16. The maximum atomic E-state index is 12.7. The first-order valence-corrected chi connectivity index (χ1v) is 8.86. The molecule has 5 nitrogen and oxygen atoms in total. The number of nitrogens with zero attached hydrogens (tertiary/aromatic N) is 1. The van der Waals surface area contributed by atoms with E-state index in [1.54, 1.807) is 0 Å². The third kappa shape index (κ3) is 2.00. The molecule has 1 aromatic rings. The molecule has 24 heavy (non-hydrogen) atoms. The molecule has 2 amide bonds. The van der Waals surface area contributed by atoms with Crippen molar-refractivity contribution in [2.24, 2.45) is 17.8 Å². The topological polar surface area (TPSA) is 58.6 Å². The number of hydrogen-bond acceptors (Lipinski definition) is 3. The number of fused-ring (bicyclic) bond motifs is 1. The first kappa shape index (κ1) is 14.3. The molecular formula is C19H22N2O3. The van der Waals surface area contributed by atoms with Gasteiger partial charge in [0, 0.05) is 19.0 Å². The van der Waals surface area contributed by atoms with Gasteiger partial charge in [0.2, 0.25) is 5.91 Å². The Morgan fingerprint density at radius 1 is 1.25 bits per heavy atom. The van der Waals surface area contributed by atoms with Crippen LogP contribution in [0.15, 0.2) is 24.3 Å². The van der Waals surface area contributed by atoms with E-state index in [1.165, 1.54) is 11.1 Å². The van der Waals surface area contributed by atoms with Crippen LogP contribution in [0.1, 0.15) is 29.9 Å². The fraction of sp³-hybridized carbons (Fsp3) is 0.579. The zero-order valence-electron chi connectivity index (χ0n) is 13.8. The molecule has 2 saturated carbocycles. The average Bonchev–Trinajstić information content (AvgIpc) is 2.87. The number of piperidine rings is 1. The van der Waals surface area contributed by atoms with Crippen LogP contribution in [0.2, 0.25) is 0 Å². The van der Waals surface area contributed by atoms with Crippen molar-refractivity contribution in [2.45, 2.75) is 31.2 Å². The van der Waals surface area contributed by atoms with Crippen LogP contribution in [0.3, 0.4) is 0 Å². The summed E-state index contributed by atoms with van der Waals surface area (Å²) in [5.74, 6) is 2.25. The second-order valence-electron chi connectivity index (χ2n) is 8.04. The molecule has 5 heteroatoms. The van der Waals surface area contributed by atoms with Gasteiger partial charge in [-0.05, 0) is 48.6 Å². The monoisotopic (exact) mass is 326 g/mol. The lowest BCUT2D eigenvalue weighted by atomic mass is 9.68. The molecule has 4 fully saturated rings. The van der Waals surface area contributed by atoms with Gasteiger partial charge in [-0.3, -0.25) is 4.79 Å². The zero-order valence-corrected chi connectivity index (χ0v) is 13.8. The lowest BCUT2D eigenvalue weighted by Gasteiger charge is -2.43. The SMILES string of the molecule is Cc1ccccc1[C@H]1[C@@H]2CN(C(=O)[C@H]3C[C@]4(COC(=O)N4)C3)C[C@@H]21. The summed E-state index contributed by atoms with van der Waals surface area (Å²) in [5, 5.41) is 2.86. The molecule has 2 heterocycles. The lowest BCUT2D eigenvalue weighted by molar-refractivity contribution is -0.140. The number of nitrogens with one attached hydrogen (secondary N) is 1. The number of alkyl carbamates (subject to hydrolysis) is 1. The minimum absolute atomic E-state index is 0.0569. The van der Waals surface area contributed by atoms with Crippen LogP contribution in [0.5, 0.6) is 0 Å². The van der Waals surface area contributed by atoms with Crippen LogP contribution in [0, 0.1) is 24.7 Å². The van der Waals surface area contributed by atoms with Gasteiger partial charge in [0.1, 0.15) is 6.61 Å². The number of cyclic esters (lactones) is 1. The van der Waals surface area contributed by atoms with E-state index in [9.17, 15) is 9.59 Å². The molecule has 2 aliphatic heterocycles. The number of benzene rings is 1. The summed E-state index contributed by atoms with van der Waals surface area (Å²) in [6.45, 7) is 4.39. The van der Waals surface area contributed by atoms with Gasteiger partial charge >= 0.3 is 6.09 Å². The summed E-state index contributed by atoms with van der Waals surface area (Å²) in [5.41, 5.74) is 2.57. The minimum atomic E-state index is -0.343. The second-order valence-corrected chi connectivity index (χ2v) is 8.04. The maximum absolute atomic E-state index is 12.7. The van der Waals surface area contributed by atoms with Gasteiger partial charge in [-0.1, -0.05) is 24.3 Å². The molecule has 1 aromatic carbocycles. The summed E-state index contributed by atoms with van der Waals surface area (Å²) < 4.78 is 4.99. The Morgan fingerprint density at radius 3 is 2.58 bits per heavy atom. The van der Waals surface area contributed by atoms with Crippen molar-refractivity contribution >= 4 is 12.0 Å². The summed E-state index contributed by atoms with van der Waals surface area (Å²) in [6, 6.07) is 8.62. The molecule has 2 saturated heterocycles. The highest BCUT2D eigenvalue weighted by Crippen LogP contribution is 2.59. The van der Waals surface area contributed by atoms with Crippen molar-refractivity contribution in [3.8, 4) is 0 Å². The smallest absolute Gasteiger partial charge is 0.407 e. The van der Waals surface area contributed by atoms with Crippen molar-refractivity contribution in [2.75, 3.05) is 19.7 Å². The van der Waals surface area contributed by atoms with Crippen LogP contribution < -0.4 is 5.32 Å². The summed E-state index contributed by atoms with van der Waals surface area (Å²) in [6.07, 6.45) is 1.11. The number of carbonyl (C=O) groups is 2. The third-order valence-electron chi connectivity index (χ3n) is 6.52. The average molecular weight is 326 g/mol. The van der Waals surface area contributed by atoms with Crippen molar-refractivity contribution in [3.63, 3.8) is 0 Å². The number of amides is 2. The zero-order chi connectivity index (χ0) is 16.5. The Morgan fingerprint density at radius 2 is 1.96 bits per heavy atom. The predicted molar refractivity (Wildman–Crippen MR) is 87.4 cm³/mol. The van der Waals surface area contributed by atoms with Crippen molar-refractivity contribution in [1.29, 1.82) is 0 Å². The van der Waals surface area contributed by atoms with Crippen LogP contribution in [-0.4, -0.2) is 42.1 Å². The largest absolute Gasteiger partial charge is 0.447 e. The van der Waals surface area contributed by atoms with E-state index in [0.717, 1.165) is 25.9 Å². The van der Waals surface area contributed by atoms with E-state index >= 15 is 0 Å². The second kappa shape index (κ2) is 4.74. The van der Waals surface area contributed by atoms with Gasteiger partial charge in [-0.25, -0.2) is 4.79 Å². The highest BCUT2D eigenvalue weighted by Gasteiger charge is 2.59. The van der Waals surface area contributed by atoms with E-state index in [-0.39, 0.29) is 23.5 Å². The van der Waals surface area contributed by atoms with Crippen LogP contribution >= 0.6 is 0 Å². The minimum Gasteiger partial charge on any atom is -0.447 e. The van der Waals surface area contributed by atoms with Gasteiger partial charge in [-0.2, -0.15) is 0 Å². The normalized spacial score (nSPS) is 39.2. The molecule has 3 atom stereocenters. The highest BCUT2D eigenvalue weighted by molar-refractivity contribution is 5.82. The highest BCUT2D eigenvalue weighted by atomic mass is 16.6. The van der Waals surface area contributed by atoms with Gasteiger partial charge in [0.15, 0.2) is 0 Å². The van der Waals surface area contributed by atoms with Crippen molar-refractivity contribution in [1.82, 2.24) is 10.2 Å². The lowest BCUT2D eigenvalue weighted by Crippen LogP contribution is -2.58.